The minimum Gasteiger partial charge on any atom is -0.404 e. The Bertz CT molecular complexity index is 690. The largest absolute Gasteiger partial charge is 0.404 e. The van der Waals surface area contributed by atoms with Gasteiger partial charge < -0.3 is 4.43 Å². The number of carbonyl (C=O) groups excluding carboxylic acids is 1. The Hall–Kier alpha value is -1.97. The Labute approximate surface area is 159 Å². The molecule has 2 rings (SSSR count). The van der Waals surface area contributed by atoms with Gasteiger partial charge in [0.2, 0.25) is 0 Å². The van der Waals surface area contributed by atoms with Gasteiger partial charge in [0.1, 0.15) is 0 Å². The van der Waals surface area contributed by atoms with Crippen LogP contribution in [0.5, 0.6) is 0 Å². The summed E-state index contributed by atoms with van der Waals surface area (Å²) in [4.78, 5) is 11.2. The molecule has 2 aromatic rings. The smallest absolute Gasteiger partial charge is 0.261 e. The van der Waals surface area contributed by atoms with E-state index in [1.807, 2.05) is 6.08 Å². The Balaban J connectivity index is 2.52. The molecular weight excluding hydrogens is 336 g/mol. The van der Waals surface area contributed by atoms with Gasteiger partial charge >= 0.3 is 0 Å². The summed E-state index contributed by atoms with van der Waals surface area (Å²) in [6, 6.07) is 21.3. The molecule has 26 heavy (non-hydrogen) atoms. The molecule has 0 radical (unpaired) electrons. The van der Waals surface area contributed by atoms with Crippen LogP contribution in [0, 0.1) is 0 Å². The van der Waals surface area contributed by atoms with Crippen molar-refractivity contribution in [2.24, 2.45) is 0 Å². The van der Waals surface area contributed by atoms with E-state index in [-0.39, 0.29) is 16.9 Å². The van der Waals surface area contributed by atoms with Crippen molar-refractivity contribution in [2.75, 3.05) is 0 Å². The second kappa shape index (κ2) is 8.61. The van der Waals surface area contributed by atoms with Gasteiger partial charge in [0.15, 0.2) is 5.78 Å². The second-order valence-corrected chi connectivity index (χ2v) is 12.1. The van der Waals surface area contributed by atoms with Gasteiger partial charge in [-0.1, -0.05) is 87.5 Å². The lowest BCUT2D eigenvalue weighted by atomic mass is 10.2. The van der Waals surface area contributed by atoms with Gasteiger partial charge in [0.25, 0.3) is 8.32 Å². The Kier molecular flexibility index (Phi) is 6.73. The van der Waals surface area contributed by atoms with Crippen molar-refractivity contribution < 1.29 is 9.22 Å². The average Bonchev–Trinajstić information content (AvgIpc) is 2.60. The fourth-order valence-corrected chi connectivity index (χ4v) is 8.18. The molecule has 0 spiro atoms. The molecule has 0 amide bonds. The average molecular weight is 367 g/mol. The Morgan fingerprint density at radius 2 is 1.46 bits per heavy atom. The molecule has 0 saturated heterocycles. The molecular formula is C23H30O2Si. The maximum atomic E-state index is 11.2. The van der Waals surface area contributed by atoms with E-state index in [2.05, 4.69) is 88.4 Å². The van der Waals surface area contributed by atoms with E-state index in [0.717, 1.165) is 6.42 Å². The summed E-state index contributed by atoms with van der Waals surface area (Å²) < 4.78 is 6.93. The van der Waals surface area contributed by atoms with Gasteiger partial charge in [-0.3, -0.25) is 4.79 Å². The van der Waals surface area contributed by atoms with Crippen LogP contribution in [0.1, 0.15) is 41.0 Å². The lowest BCUT2D eigenvalue weighted by Gasteiger charge is -2.44. The highest BCUT2D eigenvalue weighted by Crippen LogP contribution is 2.37. The quantitative estimate of drug-likeness (QED) is 0.533. The van der Waals surface area contributed by atoms with Crippen LogP contribution in [-0.2, 0) is 9.22 Å². The molecule has 0 aliphatic heterocycles. The first kappa shape index (κ1) is 20.3. The van der Waals surface area contributed by atoms with Crippen LogP contribution < -0.4 is 10.4 Å². The summed E-state index contributed by atoms with van der Waals surface area (Å²) in [5.74, 6) is 0.0719. The second-order valence-electron chi connectivity index (χ2n) is 7.84. The van der Waals surface area contributed by atoms with Crippen molar-refractivity contribution in [3.8, 4) is 0 Å². The molecule has 3 heteroatoms. The summed E-state index contributed by atoms with van der Waals surface area (Å²) in [5.41, 5.74) is 0. The molecule has 1 atom stereocenters. The van der Waals surface area contributed by atoms with Crippen LogP contribution in [0.2, 0.25) is 5.04 Å². The van der Waals surface area contributed by atoms with E-state index >= 15 is 0 Å². The minimum absolute atomic E-state index is 0.0249. The van der Waals surface area contributed by atoms with Gasteiger partial charge in [-0.15, -0.1) is 0 Å². The van der Waals surface area contributed by atoms with Gasteiger partial charge in [-0.25, -0.2) is 0 Å². The number of carbonyl (C=O) groups is 1. The van der Waals surface area contributed by atoms with Crippen molar-refractivity contribution in [2.45, 2.75) is 52.2 Å². The predicted octanol–water partition coefficient (Wildman–Crippen LogP) is 4.49. The highest BCUT2D eigenvalue weighted by molar-refractivity contribution is 6.99. The predicted molar refractivity (Wildman–Crippen MR) is 113 cm³/mol. The fourth-order valence-electron chi connectivity index (χ4n) is 3.47. The zero-order chi connectivity index (χ0) is 19.2. The SMILES string of the molecule is CC(=O)/C=C/C[C@H](C)O[Si](c1ccccc1)(c1ccccc1)C(C)(C)C. The number of benzene rings is 2. The summed E-state index contributed by atoms with van der Waals surface area (Å²) in [6.45, 7) is 10.5. The molecule has 0 bridgehead atoms. The third kappa shape index (κ3) is 4.60. The van der Waals surface area contributed by atoms with Crippen molar-refractivity contribution in [3.05, 3.63) is 72.8 Å². The fraction of sp³-hybridized carbons (Fsp3) is 0.348. The molecule has 0 N–H and O–H groups in total. The van der Waals surface area contributed by atoms with Crippen molar-refractivity contribution in [1.82, 2.24) is 0 Å². The molecule has 0 heterocycles. The minimum atomic E-state index is -2.51. The molecule has 0 unspecified atom stereocenters. The van der Waals surface area contributed by atoms with Gasteiger partial charge in [-0.05, 0) is 41.8 Å². The van der Waals surface area contributed by atoms with Crippen LogP contribution in [0.3, 0.4) is 0 Å². The molecule has 138 valence electrons. The van der Waals surface area contributed by atoms with E-state index in [0.29, 0.717) is 0 Å². The number of hydrogen-bond acceptors (Lipinski definition) is 2. The number of rotatable bonds is 7. The van der Waals surface area contributed by atoms with E-state index < -0.39 is 8.32 Å². The zero-order valence-corrected chi connectivity index (χ0v) is 17.5. The summed E-state index contributed by atoms with van der Waals surface area (Å²) in [7, 11) is -2.51. The van der Waals surface area contributed by atoms with E-state index in [9.17, 15) is 4.79 Å². The number of hydrogen-bond donors (Lipinski definition) is 0. The van der Waals surface area contributed by atoms with Crippen LogP contribution >= 0.6 is 0 Å². The lowest BCUT2D eigenvalue weighted by Crippen LogP contribution is -2.67. The summed E-state index contributed by atoms with van der Waals surface area (Å²) in [6.07, 6.45) is 4.30. The molecule has 0 aliphatic rings. The van der Waals surface area contributed by atoms with Crippen molar-refractivity contribution in [3.63, 3.8) is 0 Å². The van der Waals surface area contributed by atoms with E-state index in [1.54, 1.807) is 13.0 Å². The van der Waals surface area contributed by atoms with Crippen LogP contribution in [0.15, 0.2) is 72.8 Å². The molecule has 2 nitrogen and oxygen atoms in total. The van der Waals surface area contributed by atoms with Crippen LogP contribution in [-0.4, -0.2) is 20.2 Å². The Morgan fingerprint density at radius 1 is 1.00 bits per heavy atom. The standard InChI is InChI=1S/C23H30O2Si/c1-19(24)13-12-14-20(2)25-26(23(3,4)5,21-15-8-6-9-16-21)22-17-10-7-11-18-22/h6-13,15-18,20H,14H2,1-5H3/b13-12+/t20-/m0/s1. The molecule has 0 aromatic heterocycles. The maximum absolute atomic E-state index is 11.2. The van der Waals surface area contributed by atoms with Crippen molar-refractivity contribution in [1.29, 1.82) is 0 Å². The van der Waals surface area contributed by atoms with Gasteiger partial charge in [0, 0.05) is 6.10 Å². The maximum Gasteiger partial charge on any atom is 0.261 e. The summed E-state index contributed by atoms with van der Waals surface area (Å²) in [5, 5.41) is 2.52. The van der Waals surface area contributed by atoms with Crippen LogP contribution in [0.25, 0.3) is 0 Å². The molecule has 0 fully saturated rings. The van der Waals surface area contributed by atoms with Gasteiger partial charge in [0.05, 0.1) is 0 Å². The Morgan fingerprint density at radius 3 is 1.85 bits per heavy atom. The topological polar surface area (TPSA) is 26.3 Å². The summed E-state index contributed by atoms with van der Waals surface area (Å²) >= 11 is 0. The van der Waals surface area contributed by atoms with E-state index in [1.165, 1.54) is 10.4 Å². The third-order valence-electron chi connectivity index (χ3n) is 4.62. The zero-order valence-electron chi connectivity index (χ0n) is 16.5. The first-order valence-corrected chi connectivity index (χ1v) is 11.1. The number of allylic oxidation sites excluding steroid dienone is 1. The normalized spacial score (nSPS) is 13.7. The van der Waals surface area contributed by atoms with Crippen molar-refractivity contribution >= 4 is 24.5 Å². The third-order valence-corrected chi connectivity index (χ3v) is 9.78. The number of ketones is 1. The highest BCUT2D eigenvalue weighted by atomic mass is 28.4. The molecule has 0 aliphatic carbocycles. The van der Waals surface area contributed by atoms with Gasteiger partial charge in [-0.2, -0.15) is 0 Å². The van der Waals surface area contributed by atoms with Crippen LogP contribution in [0.4, 0.5) is 0 Å². The highest BCUT2D eigenvalue weighted by Gasteiger charge is 2.50. The first-order valence-electron chi connectivity index (χ1n) is 9.23. The monoisotopic (exact) mass is 366 g/mol. The first-order chi connectivity index (χ1) is 12.3. The molecule has 2 aromatic carbocycles. The lowest BCUT2D eigenvalue weighted by molar-refractivity contribution is -0.112. The van der Waals surface area contributed by atoms with E-state index in [4.69, 9.17) is 4.43 Å². The molecule has 0 saturated carbocycles.